The SMILES string of the molecule is COc1ccccc1C#CCNC(=O)C(F)(F)F. The Morgan fingerprint density at radius 1 is 1.39 bits per heavy atom. The number of ether oxygens (including phenoxy) is 1. The quantitative estimate of drug-likeness (QED) is 0.819. The first-order valence-electron chi connectivity index (χ1n) is 4.92. The Bertz CT molecular complexity index is 486. The summed E-state index contributed by atoms with van der Waals surface area (Å²) in [5.41, 5.74) is 0.543. The molecule has 0 spiro atoms. The number of halogens is 3. The maximum atomic E-state index is 11.8. The maximum absolute atomic E-state index is 11.8. The van der Waals surface area contributed by atoms with Gasteiger partial charge in [0, 0.05) is 0 Å². The standard InChI is InChI=1S/C12H10F3NO2/c1-18-10-7-3-2-5-9(10)6-4-8-16-11(17)12(13,14)15/h2-3,5,7H,8H2,1H3,(H,16,17). The number of carbonyl (C=O) groups excluding carboxylic acids is 1. The van der Waals surface area contributed by atoms with Gasteiger partial charge in [0.15, 0.2) is 0 Å². The minimum absolute atomic E-state index is 0.379. The zero-order valence-corrected chi connectivity index (χ0v) is 9.47. The molecule has 18 heavy (non-hydrogen) atoms. The van der Waals surface area contributed by atoms with Crippen LogP contribution in [0.5, 0.6) is 5.75 Å². The first-order chi connectivity index (χ1) is 8.45. The Balaban J connectivity index is 2.60. The molecule has 1 amide bonds. The van der Waals surface area contributed by atoms with E-state index < -0.39 is 12.1 Å². The number of hydrogen-bond donors (Lipinski definition) is 1. The van der Waals surface area contributed by atoms with Crippen molar-refractivity contribution in [3.63, 3.8) is 0 Å². The molecule has 0 atom stereocenters. The van der Waals surface area contributed by atoms with Crippen molar-refractivity contribution < 1.29 is 22.7 Å². The fourth-order valence-corrected chi connectivity index (χ4v) is 1.11. The number of benzene rings is 1. The van der Waals surface area contributed by atoms with E-state index in [9.17, 15) is 18.0 Å². The van der Waals surface area contributed by atoms with Crippen molar-refractivity contribution in [3.8, 4) is 17.6 Å². The van der Waals surface area contributed by atoms with Crippen LogP contribution in [0.25, 0.3) is 0 Å². The van der Waals surface area contributed by atoms with Crippen LogP contribution >= 0.6 is 0 Å². The van der Waals surface area contributed by atoms with Crippen LogP contribution in [0.4, 0.5) is 13.2 Å². The predicted octanol–water partition coefficient (Wildman–Crippen LogP) is 1.73. The Kier molecular flexibility index (Phi) is 4.60. The summed E-state index contributed by atoms with van der Waals surface area (Å²) < 4.78 is 40.5. The fourth-order valence-electron chi connectivity index (χ4n) is 1.11. The van der Waals surface area contributed by atoms with E-state index in [0.717, 1.165) is 0 Å². The molecular weight excluding hydrogens is 247 g/mol. The van der Waals surface area contributed by atoms with Gasteiger partial charge in [0.05, 0.1) is 19.2 Å². The monoisotopic (exact) mass is 257 g/mol. The number of hydrogen-bond acceptors (Lipinski definition) is 2. The van der Waals surface area contributed by atoms with Gasteiger partial charge in [-0.15, -0.1) is 0 Å². The lowest BCUT2D eigenvalue weighted by Gasteiger charge is -2.04. The summed E-state index contributed by atoms with van der Waals surface area (Å²) in [5.74, 6) is 3.55. The zero-order valence-electron chi connectivity index (χ0n) is 9.47. The summed E-state index contributed by atoms with van der Waals surface area (Å²) in [6.07, 6.45) is -4.88. The molecule has 0 radical (unpaired) electrons. The molecule has 6 heteroatoms. The van der Waals surface area contributed by atoms with Gasteiger partial charge in [-0.2, -0.15) is 13.2 Å². The van der Waals surface area contributed by atoms with E-state index in [4.69, 9.17) is 4.74 Å². The van der Waals surface area contributed by atoms with Gasteiger partial charge in [-0.3, -0.25) is 4.79 Å². The summed E-state index contributed by atoms with van der Waals surface area (Å²) in [6, 6.07) is 6.81. The third-order valence-electron chi connectivity index (χ3n) is 1.92. The zero-order chi connectivity index (χ0) is 13.6. The summed E-state index contributed by atoms with van der Waals surface area (Å²) in [4.78, 5) is 10.5. The second-order valence-electron chi connectivity index (χ2n) is 3.18. The van der Waals surface area contributed by atoms with Gasteiger partial charge in [0.25, 0.3) is 0 Å². The van der Waals surface area contributed by atoms with E-state index in [1.54, 1.807) is 29.6 Å². The number of methoxy groups -OCH3 is 1. The molecule has 0 aliphatic carbocycles. The molecule has 3 nitrogen and oxygen atoms in total. The predicted molar refractivity (Wildman–Crippen MR) is 58.9 cm³/mol. The van der Waals surface area contributed by atoms with Gasteiger partial charge >= 0.3 is 12.1 Å². The summed E-state index contributed by atoms with van der Waals surface area (Å²) in [6.45, 7) is -0.379. The third-order valence-corrected chi connectivity index (χ3v) is 1.92. The molecule has 1 aromatic carbocycles. The molecule has 0 heterocycles. The van der Waals surface area contributed by atoms with Crippen LogP contribution in [0.1, 0.15) is 5.56 Å². The molecule has 1 N–H and O–H groups in total. The number of alkyl halides is 3. The highest BCUT2D eigenvalue weighted by atomic mass is 19.4. The average molecular weight is 257 g/mol. The van der Waals surface area contributed by atoms with Crippen molar-refractivity contribution in [2.75, 3.05) is 13.7 Å². The first kappa shape index (κ1) is 13.9. The Hall–Kier alpha value is -2.16. The van der Waals surface area contributed by atoms with Crippen LogP contribution in [0.2, 0.25) is 0 Å². The molecule has 0 saturated carbocycles. The third kappa shape index (κ3) is 4.01. The van der Waals surface area contributed by atoms with Crippen LogP contribution in [-0.4, -0.2) is 25.7 Å². The minimum atomic E-state index is -4.88. The van der Waals surface area contributed by atoms with Gasteiger partial charge in [-0.25, -0.2) is 0 Å². The molecule has 0 unspecified atom stereocenters. The molecule has 0 aliphatic heterocycles. The number of nitrogens with one attached hydrogen (secondary N) is 1. The maximum Gasteiger partial charge on any atom is 0.471 e. The van der Waals surface area contributed by atoms with Gasteiger partial charge < -0.3 is 10.1 Å². The topological polar surface area (TPSA) is 38.3 Å². The highest BCUT2D eigenvalue weighted by Crippen LogP contribution is 2.15. The summed E-state index contributed by atoms with van der Waals surface area (Å²) >= 11 is 0. The average Bonchev–Trinajstić information content (AvgIpc) is 2.33. The number of carbonyl (C=O) groups is 1. The van der Waals surface area contributed by atoms with Gasteiger partial charge in [-0.05, 0) is 12.1 Å². The first-order valence-corrected chi connectivity index (χ1v) is 4.92. The molecule has 0 bridgehead atoms. The van der Waals surface area contributed by atoms with E-state index in [1.165, 1.54) is 7.11 Å². The Labute approximate surface area is 102 Å². The summed E-state index contributed by atoms with van der Waals surface area (Å²) in [7, 11) is 1.46. The van der Waals surface area contributed by atoms with Crippen molar-refractivity contribution in [3.05, 3.63) is 29.8 Å². The van der Waals surface area contributed by atoms with Gasteiger partial charge in [0.1, 0.15) is 5.75 Å². The molecule has 96 valence electrons. The van der Waals surface area contributed by atoms with E-state index in [2.05, 4.69) is 11.8 Å². The Morgan fingerprint density at radius 3 is 2.67 bits per heavy atom. The normalized spacial score (nSPS) is 10.2. The number of para-hydroxylation sites is 1. The highest BCUT2D eigenvalue weighted by molar-refractivity contribution is 5.81. The van der Waals surface area contributed by atoms with Crippen molar-refractivity contribution in [2.45, 2.75) is 6.18 Å². The van der Waals surface area contributed by atoms with Crippen LogP contribution < -0.4 is 10.1 Å². The largest absolute Gasteiger partial charge is 0.495 e. The molecular formula is C12H10F3NO2. The van der Waals surface area contributed by atoms with Gasteiger partial charge in [0.2, 0.25) is 0 Å². The van der Waals surface area contributed by atoms with Crippen LogP contribution in [0, 0.1) is 11.8 Å². The van der Waals surface area contributed by atoms with Gasteiger partial charge in [-0.1, -0.05) is 24.0 Å². The summed E-state index contributed by atoms with van der Waals surface area (Å²) in [5, 5.41) is 1.65. The van der Waals surface area contributed by atoms with E-state index in [0.29, 0.717) is 11.3 Å². The van der Waals surface area contributed by atoms with Crippen LogP contribution in [-0.2, 0) is 4.79 Å². The lowest BCUT2D eigenvalue weighted by molar-refractivity contribution is -0.173. The van der Waals surface area contributed by atoms with E-state index in [-0.39, 0.29) is 6.54 Å². The molecule has 0 fully saturated rings. The molecule has 1 aromatic rings. The van der Waals surface area contributed by atoms with Crippen molar-refractivity contribution in [1.29, 1.82) is 0 Å². The van der Waals surface area contributed by atoms with Crippen LogP contribution in [0.15, 0.2) is 24.3 Å². The van der Waals surface area contributed by atoms with E-state index in [1.807, 2.05) is 0 Å². The number of amides is 1. The highest BCUT2D eigenvalue weighted by Gasteiger charge is 2.38. The Morgan fingerprint density at radius 2 is 2.06 bits per heavy atom. The second kappa shape index (κ2) is 5.96. The second-order valence-corrected chi connectivity index (χ2v) is 3.18. The van der Waals surface area contributed by atoms with E-state index >= 15 is 0 Å². The number of rotatable bonds is 2. The minimum Gasteiger partial charge on any atom is -0.495 e. The van der Waals surface area contributed by atoms with Crippen molar-refractivity contribution >= 4 is 5.91 Å². The lowest BCUT2D eigenvalue weighted by Crippen LogP contribution is -2.36. The molecule has 0 saturated heterocycles. The smallest absolute Gasteiger partial charge is 0.471 e. The molecule has 1 rings (SSSR count). The molecule has 0 aromatic heterocycles. The fraction of sp³-hybridized carbons (Fsp3) is 0.250. The van der Waals surface area contributed by atoms with Crippen LogP contribution in [0.3, 0.4) is 0 Å². The molecule has 0 aliphatic rings. The van der Waals surface area contributed by atoms with Crippen molar-refractivity contribution in [1.82, 2.24) is 5.32 Å². The lowest BCUT2D eigenvalue weighted by atomic mass is 10.2. The van der Waals surface area contributed by atoms with Crippen molar-refractivity contribution in [2.24, 2.45) is 0 Å².